The minimum absolute atomic E-state index is 0.0472. The lowest BCUT2D eigenvalue weighted by atomic mass is 9.76. The van der Waals surface area contributed by atoms with Crippen LogP contribution in [0.3, 0.4) is 0 Å². The number of aromatic hydroxyl groups is 1. The van der Waals surface area contributed by atoms with Crippen molar-refractivity contribution in [2.45, 2.75) is 18.6 Å². The highest BCUT2D eigenvalue weighted by molar-refractivity contribution is 9.10. The summed E-state index contributed by atoms with van der Waals surface area (Å²) in [5.41, 5.74) is 4.07. The maximum absolute atomic E-state index is 14.0. The molecule has 228 valence electrons. The van der Waals surface area contributed by atoms with E-state index in [-0.39, 0.29) is 17.4 Å². The standard InChI is InChI=1S/C37H29BrN4O3S/c1-41-33(40-31-22-29(38)23-39-34(31)41)24-45-30-19-17-25(18-20-30)21-32-35(43)42(36(44)46-32)37(26-11-5-2-6-12-26,27-13-7-3-8-14-27)28-15-9-4-10-16-28/h2-20,22-23,43H,21,24H2,1H3. The number of fused-ring (bicyclic) bond motifs is 1. The fourth-order valence-corrected chi connectivity index (χ4v) is 7.27. The van der Waals surface area contributed by atoms with E-state index in [0.717, 1.165) is 55.1 Å². The second-order valence-corrected chi connectivity index (χ2v) is 12.9. The molecule has 0 aliphatic rings. The normalized spacial score (nSPS) is 11.6. The number of benzene rings is 4. The molecular formula is C37H29BrN4O3S. The number of pyridine rings is 1. The van der Waals surface area contributed by atoms with Crippen molar-refractivity contribution in [1.82, 2.24) is 19.1 Å². The monoisotopic (exact) mass is 688 g/mol. The highest BCUT2D eigenvalue weighted by atomic mass is 79.9. The number of halogens is 1. The average molecular weight is 690 g/mol. The Morgan fingerprint density at radius 1 is 0.848 bits per heavy atom. The van der Waals surface area contributed by atoms with Gasteiger partial charge in [0.15, 0.2) is 5.65 Å². The molecule has 3 heterocycles. The number of thiazole rings is 1. The molecule has 1 N–H and O–H groups in total. The summed E-state index contributed by atoms with van der Waals surface area (Å²) in [5, 5.41) is 11.9. The Labute approximate surface area is 278 Å². The molecule has 7 nitrogen and oxygen atoms in total. The van der Waals surface area contributed by atoms with Crippen molar-refractivity contribution in [3.8, 4) is 11.6 Å². The molecule has 0 saturated carbocycles. The topological polar surface area (TPSA) is 82.2 Å². The number of hydrogen-bond acceptors (Lipinski definition) is 6. The third-order valence-corrected chi connectivity index (χ3v) is 9.55. The van der Waals surface area contributed by atoms with Crippen LogP contribution in [0, 0.1) is 0 Å². The molecular weight excluding hydrogens is 660 g/mol. The van der Waals surface area contributed by atoms with Gasteiger partial charge in [-0.1, -0.05) is 114 Å². The number of imidazole rings is 1. The lowest BCUT2D eigenvalue weighted by Gasteiger charge is -2.37. The van der Waals surface area contributed by atoms with Crippen molar-refractivity contribution in [3.63, 3.8) is 0 Å². The maximum Gasteiger partial charge on any atom is 0.311 e. The molecule has 0 radical (unpaired) electrons. The van der Waals surface area contributed by atoms with E-state index in [0.29, 0.717) is 17.0 Å². The summed E-state index contributed by atoms with van der Waals surface area (Å²) >= 11 is 4.52. The number of rotatable bonds is 9. The smallest absolute Gasteiger partial charge is 0.311 e. The van der Waals surface area contributed by atoms with Crippen molar-refractivity contribution in [2.75, 3.05) is 0 Å². The second-order valence-electron chi connectivity index (χ2n) is 11.0. The summed E-state index contributed by atoms with van der Waals surface area (Å²) < 4.78 is 10.4. The second kappa shape index (κ2) is 12.4. The Morgan fingerprint density at radius 2 is 1.41 bits per heavy atom. The van der Waals surface area contributed by atoms with Gasteiger partial charge in [-0.2, -0.15) is 0 Å². The van der Waals surface area contributed by atoms with Gasteiger partial charge in [0, 0.05) is 24.1 Å². The van der Waals surface area contributed by atoms with Gasteiger partial charge in [-0.25, -0.2) is 9.97 Å². The van der Waals surface area contributed by atoms with Crippen molar-refractivity contribution in [3.05, 3.63) is 175 Å². The van der Waals surface area contributed by atoms with Gasteiger partial charge in [-0.3, -0.25) is 9.36 Å². The maximum atomic E-state index is 14.0. The summed E-state index contributed by atoms with van der Waals surface area (Å²) in [6.07, 6.45) is 2.14. The number of hydrogen-bond donors (Lipinski definition) is 1. The van der Waals surface area contributed by atoms with Crippen LogP contribution >= 0.6 is 27.3 Å². The first-order chi connectivity index (χ1) is 22.4. The van der Waals surface area contributed by atoms with Gasteiger partial charge in [-0.05, 0) is 56.4 Å². The first kappa shape index (κ1) is 29.7. The van der Waals surface area contributed by atoms with E-state index >= 15 is 0 Å². The van der Waals surface area contributed by atoms with Crippen LogP contribution in [-0.4, -0.2) is 24.2 Å². The minimum atomic E-state index is -1.08. The molecule has 7 aromatic rings. The minimum Gasteiger partial charge on any atom is -0.494 e. The zero-order valence-corrected chi connectivity index (χ0v) is 27.3. The number of aromatic nitrogens is 4. The van der Waals surface area contributed by atoms with Crippen LogP contribution in [0.15, 0.2) is 137 Å². The molecule has 0 unspecified atom stereocenters. The molecule has 4 aromatic carbocycles. The molecule has 0 amide bonds. The van der Waals surface area contributed by atoms with Gasteiger partial charge < -0.3 is 14.4 Å². The Hall–Kier alpha value is -4.99. The highest BCUT2D eigenvalue weighted by Crippen LogP contribution is 2.43. The van der Waals surface area contributed by atoms with E-state index in [1.54, 1.807) is 10.8 Å². The van der Waals surface area contributed by atoms with Gasteiger partial charge >= 0.3 is 4.87 Å². The highest BCUT2D eigenvalue weighted by Gasteiger charge is 2.42. The first-order valence-electron chi connectivity index (χ1n) is 14.7. The third-order valence-electron chi connectivity index (χ3n) is 8.19. The Morgan fingerprint density at radius 3 is 1.98 bits per heavy atom. The summed E-state index contributed by atoms with van der Waals surface area (Å²) in [6, 6.07) is 39.3. The summed E-state index contributed by atoms with van der Waals surface area (Å²) in [4.78, 5) is 23.4. The Balaban J connectivity index is 1.21. The molecule has 46 heavy (non-hydrogen) atoms. The summed E-state index contributed by atoms with van der Waals surface area (Å²) in [7, 11) is 1.92. The van der Waals surface area contributed by atoms with Gasteiger partial charge in [0.25, 0.3) is 0 Å². The van der Waals surface area contributed by atoms with Crippen LogP contribution < -0.4 is 9.61 Å². The largest absolute Gasteiger partial charge is 0.494 e. The molecule has 0 aliphatic carbocycles. The fraction of sp³-hybridized carbons (Fsp3) is 0.108. The van der Waals surface area contributed by atoms with Crippen LogP contribution in [0.4, 0.5) is 0 Å². The SMILES string of the molecule is Cn1c(COc2ccc(Cc3sc(=O)n(C(c4ccccc4)(c4ccccc4)c4ccccc4)c3O)cc2)nc2cc(Br)cnc21. The summed E-state index contributed by atoms with van der Waals surface area (Å²) in [6.45, 7) is 0.287. The van der Waals surface area contributed by atoms with E-state index < -0.39 is 5.54 Å². The predicted octanol–water partition coefficient (Wildman–Crippen LogP) is 7.67. The number of ether oxygens (including phenoxy) is 1. The molecule has 9 heteroatoms. The van der Waals surface area contributed by atoms with E-state index in [1.165, 1.54) is 0 Å². The van der Waals surface area contributed by atoms with Crippen LogP contribution in [0.2, 0.25) is 0 Å². The average Bonchev–Trinajstić information content (AvgIpc) is 3.55. The molecule has 0 bridgehead atoms. The van der Waals surface area contributed by atoms with Crippen molar-refractivity contribution >= 4 is 38.4 Å². The van der Waals surface area contributed by atoms with Gasteiger partial charge in [0.05, 0.1) is 4.88 Å². The quantitative estimate of drug-likeness (QED) is 0.158. The van der Waals surface area contributed by atoms with Crippen LogP contribution in [-0.2, 0) is 25.6 Å². The predicted molar refractivity (Wildman–Crippen MR) is 185 cm³/mol. The fourth-order valence-electron chi connectivity index (χ4n) is 6.01. The van der Waals surface area contributed by atoms with Crippen molar-refractivity contribution in [1.29, 1.82) is 0 Å². The van der Waals surface area contributed by atoms with Gasteiger partial charge in [-0.15, -0.1) is 0 Å². The Bertz CT molecular complexity index is 2080. The van der Waals surface area contributed by atoms with E-state index in [2.05, 4.69) is 25.9 Å². The van der Waals surface area contributed by atoms with Crippen LogP contribution in [0.25, 0.3) is 11.2 Å². The summed E-state index contributed by atoms with van der Waals surface area (Å²) in [5.74, 6) is 1.41. The lowest BCUT2D eigenvalue weighted by molar-refractivity contribution is 0.292. The number of nitrogens with zero attached hydrogens (tertiary/aromatic N) is 4. The van der Waals surface area contributed by atoms with E-state index in [1.807, 2.05) is 133 Å². The molecule has 3 aromatic heterocycles. The molecule has 0 fully saturated rings. The molecule has 0 saturated heterocycles. The van der Waals surface area contributed by atoms with Crippen LogP contribution in [0.1, 0.15) is 33.0 Å². The first-order valence-corrected chi connectivity index (χ1v) is 16.4. The molecule has 0 aliphatic heterocycles. The molecule has 7 rings (SSSR count). The Kier molecular flexibility index (Phi) is 8.02. The van der Waals surface area contributed by atoms with Crippen LogP contribution in [0.5, 0.6) is 11.6 Å². The van der Waals surface area contributed by atoms with E-state index in [4.69, 9.17) is 4.74 Å². The van der Waals surface area contributed by atoms with Gasteiger partial charge in [0.1, 0.15) is 29.2 Å². The lowest BCUT2D eigenvalue weighted by Crippen LogP contribution is -2.42. The third kappa shape index (κ3) is 5.31. The molecule has 0 atom stereocenters. The van der Waals surface area contributed by atoms with Crippen molar-refractivity contribution < 1.29 is 9.84 Å². The zero-order chi connectivity index (χ0) is 31.7. The zero-order valence-electron chi connectivity index (χ0n) is 24.9. The van der Waals surface area contributed by atoms with Gasteiger partial charge in [0.2, 0.25) is 5.88 Å². The van der Waals surface area contributed by atoms with E-state index in [9.17, 15) is 9.90 Å². The number of aryl methyl sites for hydroxylation is 1. The van der Waals surface area contributed by atoms with Crippen molar-refractivity contribution in [2.24, 2.45) is 7.05 Å². The molecule has 0 spiro atoms.